The van der Waals surface area contributed by atoms with Crippen LogP contribution in [0.15, 0.2) is 45.1 Å². The standard InChI is InChI=1S/C16H12BrNO4S2/c17-14-6-5-12(24-14)10(19)8-22-15(20)7-13-16(21)18-9-3-1-2-4-11(9)23-13/h1-6,13H,7-8H2,(H,18,21). The molecule has 1 aromatic heterocycles. The van der Waals surface area contributed by atoms with E-state index in [1.807, 2.05) is 24.3 Å². The Hall–Kier alpha value is -1.64. The first-order valence-electron chi connectivity index (χ1n) is 7.03. The highest BCUT2D eigenvalue weighted by molar-refractivity contribution is 9.11. The number of thioether (sulfide) groups is 1. The number of carbonyl (C=O) groups excluding carboxylic acids is 3. The normalized spacial score (nSPS) is 16.2. The van der Waals surface area contributed by atoms with Gasteiger partial charge in [0.05, 0.1) is 26.0 Å². The number of anilines is 1. The number of fused-ring (bicyclic) bond motifs is 1. The van der Waals surface area contributed by atoms with Crippen LogP contribution >= 0.6 is 39.0 Å². The van der Waals surface area contributed by atoms with E-state index in [1.54, 1.807) is 12.1 Å². The molecule has 124 valence electrons. The summed E-state index contributed by atoms with van der Waals surface area (Å²) in [7, 11) is 0. The van der Waals surface area contributed by atoms with Gasteiger partial charge in [0.25, 0.3) is 0 Å². The summed E-state index contributed by atoms with van der Waals surface area (Å²) in [5.74, 6) is -1.06. The SMILES string of the molecule is O=C(CC1Sc2ccccc2NC1=O)OCC(=O)c1ccc(Br)s1. The van der Waals surface area contributed by atoms with Gasteiger partial charge >= 0.3 is 5.97 Å². The fourth-order valence-electron chi connectivity index (χ4n) is 2.12. The second-order valence-corrected chi connectivity index (χ2v) is 8.69. The molecule has 0 spiro atoms. The number of amides is 1. The van der Waals surface area contributed by atoms with Crippen LogP contribution in [0.3, 0.4) is 0 Å². The molecule has 1 aliphatic rings. The van der Waals surface area contributed by atoms with Gasteiger partial charge in [-0.15, -0.1) is 23.1 Å². The first-order valence-corrected chi connectivity index (χ1v) is 9.52. The second kappa shape index (κ2) is 7.50. The van der Waals surface area contributed by atoms with E-state index in [1.165, 1.54) is 23.1 Å². The van der Waals surface area contributed by atoms with Gasteiger partial charge in [-0.1, -0.05) is 12.1 Å². The van der Waals surface area contributed by atoms with Crippen LogP contribution in [0.5, 0.6) is 0 Å². The minimum absolute atomic E-state index is 0.0771. The molecule has 0 saturated heterocycles. The molecule has 0 aliphatic carbocycles. The molecular formula is C16H12BrNO4S2. The van der Waals surface area contributed by atoms with Crippen LogP contribution in [0.25, 0.3) is 0 Å². The maximum atomic E-state index is 12.0. The number of thiophene rings is 1. The number of Topliss-reactive ketones (excluding diaryl/α,β-unsaturated/α-hetero) is 1. The Kier molecular flexibility index (Phi) is 5.37. The molecule has 5 nitrogen and oxygen atoms in total. The fraction of sp³-hybridized carbons (Fsp3) is 0.188. The average molecular weight is 426 g/mol. The molecular weight excluding hydrogens is 414 g/mol. The molecule has 1 N–H and O–H groups in total. The summed E-state index contributed by atoms with van der Waals surface area (Å²) in [6.07, 6.45) is -0.0771. The predicted molar refractivity (Wildman–Crippen MR) is 96.6 cm³/mol. The third-order valence-corrected chi connectivity index (χ3v) is 6.21. The summed E-state index contributed by atoms with van der Waals surface area (Å²) in [4.78, 5) is 37.3. The molecule has 0 fully saturated rings. The van der Waals surface area contributed by atoms with Gasteiger partial charge in [-0.2, -0.15) is 0 Å². The molecule has 2 aromatic rings. The molecule has 3 rings (SSSR count). The molecule has 1 atom stereocenters. The number of esters is 1. The third kappa shape index (κ3) is 4.06. The summed E-state index contributed by atoms with van der Waals surface area (Å²) in [6.45, 7) is -0.318. The molecule has 0 bridgehead atoms. The van der Waals surface area contributed by atoms with Crippen LogP contribution < -0.4 is 5.32 Å². The molecule has 1 unspecified atom stereocenters. The van der Waals surface area contributed by atoms with Crippen molar-refractivity contribution in [3.63, 3.8) is 0 Å². The third-order valence-electron chi connectivity index (χ3n) is 3.27. The lowest BCUT2D eigenvalue weighted by Gasteiger charge is -2.23. The maximum absolute atomic E-state index is 12.0. The van der Waals surface area contributed by atoms with E-state index in [-0.39, 0.29) is 24.7 Å². The summed E-state index contributed by atoms with van der Waals surface area (Å²) in [6, 6.07) is 10.8. The molecule has 1 aliphatic heterocycles. The Morgan fingerprint density at radius 2 is 2.00 bits per heavy atom. The summed E-state index contributed by atoms with van der Waals surface area (Å²) >= 11 is 5.89. The number of halogens is 1. The van der Waals surface area contributed by atoms with E-state index in [2.05, 4.69) is 21.2 Å². The Balaban J connectivity index is 1.54. The van der Waals surface area contributed by atoms with Crippen LogP contribution in [0.1, 0.15) is 16.1 Å². The first kappa shape index (κ1) is 17.2. The molecule has 0 saturated carbocycles. The minimum atomic E-state index is -0.564. The molecule has 2 heterocycles. The number of hydrogen-bond donors (Lipinski definition) is 1. The van der Waals surface area contributed by atoms with Crippen LogP contribution in [-0.2, 0) is 14.3 Å². The lowest BCUT2D eigenvalue weighted by atomic mass is 10.2. The lowest BCUT2D eigenvalue weighted by Crippen LogP contribution is -2.31. The molecule has 0 radical (unpaired) electrons. The highest BCUT2D eigenvalue weighted by atomic mass is 79.9. The smallest absolute Gasteiger partial charge is 0.307 e. The Bertz CT molecular complexity index is 805. The van der Waals surface area contributed by atoms with Crippen molar-refractivity contribution in [3.05, 3.63) is 45.1 Å². The zero-order valence-corrected chi connectivity index (χ0v) is 15.5. The van der Waals surface area contributed by atoms with Gasteiger partial charge in [-0.3, -0.25) is 14.4 Å². The number of ether oxygens (including phenoxy) is 1. The molecule has 8 heteroatoms. The number of carbonyl (C=O) groups is 3. The van der Waals surface area contributed by atoms with Crippen molar-refractivity contribution in [3.8, 4) is 0 Å². The average Bonchev–Trinajstić information content (AvgIpc) is 3.00. The van der Waals surface area contributed by atoms with Crippen LogP contribution in [0.2, 0.25) is 0 Å². The number of hydrogen-bond acceptors (Lipinski definition) is 6. The summed E-state index contributed by atoms with van der Waals surface area (Å²) in [5.41, 5.74) is 0.746. The topological polar surface area (TPSA) is 72.5 Å². The Morgan fingerprint density at radius 1 is 1.21 bits per heavy atom. The van der Waals surface area contributed by atoms with E-state index in [0.717, 1.165) is 14.4 Å². The number of ketones is 1. The van der Waals surface area contributed by atoms with E-state index in [4.69, 9.17) is 4.74 Å². The fourth-order valence-corrected chi connectivity index (χ4v) is 4.52. The van der Waals surface area contributed by atoms with Crippen molar-refractivity contribution in [2.45, 2.75) is 16.6 Å². The molecule has 24 heavy (non-hydrogen) atoms. The minimum Gasteiger partial charge on any atom is -0.457 e. The van der Waals surface area contributed by atoms with E-state index in [0.29, 0.717) is 4.88 Å². The largest absolute Gasteiger partial charge is 0.457 e. The van der Waals surface area contributed by atoms with Gasteiger partial charge in [0.1, 0.15) is 0 Å². The molecule has 1 aromatic carbocycles. The monoisotopic (exact) mass is 425 g/mol. The number of rotatable bonds is 5. The van der Waals surface area contributed by atoms with Crippen molar-refractivity contribution in [1.29, 1.82) is 0 Å². The van der Waals surface area contributed by atoms with Crippen molar-refractivity contribution in [2.24, 2.45) is 0 Å². The van der Waals surface area contributed by atoms with Crippen molar-refractivity contribution in [2.75, 3.05) is 11.9 Å². The van der Waals surface area contributed by atoms with E-state index in [9.17, 15) is 14.4 Å². The number of benzene rings is 1. The van der Waals surface area contributed by atoms with Crippen molar-refractivity contribution in [1.82, 2.24) is 0 Å². The van der Waals surface area contributed by atoms with Gasteiger partial charge in [-0.25, -0.2) is 0 Å². The Labute approximate surface area is 154 Å². The highest BCUT2D eigenvalue weighted by Gasteiger charge is 2.29. The second-order valence-electron chi connectivity index (χ2n) is 4.98. The van der Waals surface area contributed by atoms with Crippen LogP contribution in [0.4, 0.5) is 5.69 Å². The Morgan fingerprint density at radius 3 is 2.75 bits per heavy atom. The van der Waals surface area contributed by atoms with Gasteiger partial charge in [0, 0.05) is 4.90 Å². The quantitative estimate of drug-likeness (QED) is 0.583. The van der Waals surface area contributed by atoms with Gasteiger partial charge in [0.15, 0.2) is 6.61 Å². The van der Waals surface area contributed by atoms with Gasteiger partial charge < -0.3 is 10.1 Å². The maximum Gasteiger partial charge on any atom is 0.307 e. The molecule has 1 amide bonds. The van der Waals surface area contributed by atoms with Crippen LogP contribution in [0, 0.1) is 0 Å². The summed E-state index contributed by atoms with van der Waals surface area (Å²) < 4.78 is 5.86. The summed E-state index contributed by atoms with van der Waals surface area (Å²) in [5, 5.41) is 2.21. The highest BCUT2D eigenvalue weighted by Crippen LogP contribution is 2.36. The van der Waals surface area contributed by atoms with Gasteiger partial charge in [0.2, 0.25) is 11.7 Å². The number of nitrogens with one attached hydrogen (secondary N) is 1. The van der Waals surface area contributed by atoms with Crippen LogP contribution in [-0.4, -0.2) is 29.5 Å². The van der Waals surface area contributed by atoms with Crippen molar-refractivity contribution < 1.29 is 19.1 Å². The lowest BCUT2D eigenvalue weighted by molar-refractivity contribution is -0.143. The zero-order chi connectivity index (χ0) is 17.1. The predicted octanol–water partition coefficient (Wildman–Crippen LogP) is 3.74. The van der Waals surface area contributed by atoms with Crippen molar-refractivity contribution >= 4 is 62.4 Å². The zero-order valence-electron chi connectivity index (χ0n) is 12.3. The van der Waals surface area contributed by atoms with Gasteiger partial charge in [-0.05, 0) is 40.2 Å². The number of para-hydroxylation sites is 1. The van der Waals surface area contributed by atoms with E-state index >= 15 is 0 Å². The van der Waals surface area contributed by atoms with E-state index < -0.39 is 11.2 Å². The first-order chi connectivity index (χ1) is 11.5.